The van der Waals surface area contributed by atoms with E-state index in [1.165, 1.54) is 0 Å². The number of carbonyl (C=O) groups excluding carboxylic acids is 2. The summed E-state index contributed by atoms with van der Waals surface area (Å²) in [7, 11) is 3.59. The van der Waals surface area contributed by atoms with Crippen LogP contribution in [0.25, 0.3) is 0 Å². The van der Waals surface area contributed by atoms with Crippen molar-refractivity contribution in [2.24, 2.45) is 18.7 Å². The Morgan fingerprint density at radius 3 is 2.90 bits per heavy atom. The fourth-order valence-corrected chi connectivity index (χ4v) is 2.92. The third kappa shape index (κ3) is 3.81. The molecule has 3 N–H and O–H groups in total. The second-order valence-corrected chi connectivity index (χ2v) is 5.63. The van der Waals surface area contributed by atoms with Gasteiger partial charge in [0.05, 0.1) is 6.20 Å². The topological polar surface area (TPSA) is 93.2 Å². The molecule has 2 unspecified atom stereocenters. The molecule has 2 rings (SSSR count). The fraction of sp³-hybridized carbons (Fsp3) is 0.643. The van der Waals surface area contributed by atoms with Crippen LogP contribution in [-0.4, -0.2) is 46.6 Å². The Bertz CT molecular complexity index is 513. The van der Waals surface area contributed by atoms with E-state index in [0.29, 0.717) is 13.0 Å². The summed E-state index contributed by atoms with van der Waals surface area (Å²) >= 11 is 0. The van der Waals surface area contributed by atoms with Gasteiger partial charge in [-0.1, -0.05) is 0 Å². The molecule has 116 valence electrons. The summed E-state index contributed by atoms with van der Waals surface area (Å²) in [6.45, 7) is 1.33. The molecule has 0 saturated carbocycles. The van der Waals surface area contributed by atoms with Gasteiger partial charge in [-0.05, 0) is 25.8 Å². The summed E-state index contributed by atoms with van der Waals surface area (Å²) < 4.78 is 1.68. The maximum Gasteiger partial charge on any atom is 0.244 e. The zero-order valence-electron chi connectivity index (χ0n) is 12.6. The third-order valence-corrected chi connectivity index (χ3v) is 3.91. The van der Waals surface area contributed by atoms with Crippen LogP contribution in [0.1, 0.15) is 30.9 Å². The number of nitrogens with one attached hydrogen (secondary N) is 1. The molecule has 1 saturated heterocycles. The summed E-state index contributed by atoms with van der Waals surface area (Å²) in [5.74, 6) is -0.0991. The van der Waals surface area contributed by atoms with Crippen LogP contribution in [0.4, 0.5) is 0 Å². The molecule has 2 heterocycles. The highest BCUT2D eigenvalue weighted by molar-refractivity contribution is 5.83. The molecule has 0 radical (unpaired) electrons. The van der Waals surface area contributed by atoms with E-state index in [1.807, 2.05) is 18.1 Å². The maximum absolute atomic E-state index is 12.7. The number of piperidine rings is 1. The number of nitrogens with zero attached hydrogens (tertiary/aromatic N) is 3. The van der Waals surface area contributed by atoms with Crippen LogP contribution in [0.15, 0.2) is 12.4 Å². The minimum absolute atomic E-state index is 0.0275. The molecule has 1 aromatic heterocycles. The average molecular weight is 293 g/mol. The van der Waals surface area contributed by atoms with Crippen LogP contribution in [0.2, 0.25) is 0 Å². The maximum atomic E-state index is 12.7. The molecule has 0 bridgehead atoms. The molecule has 7 heteroatoms. The van der Waals surface area contributed by atoms with Crippen LogP contribution in [0, 0.1) is 5.92 Å². The zero-order chi connectivity index (χ0) is 15.4. The number of aryl methyl sites for hydroxylation is 1. The number of rotatable bonds is 5. The lowest BCUT2D eigenvalue weighted by Gasteiger charge is -2.34. The summed E-state index contributed by atoms with van der Waals surface area (Å²) in [4.78, 5) is 25.6. The highest BCUT2D eigenvalue weighted by Crippen LogP contribution is 2.23. The van der Waals surface area contributed by atoms with Crippen LogP contribution < -0.4 is 11.1 Å². The smallest absolute Gasteiger partial charge is 0.244 e. The van der Waals surface area contributed by atoms with Gasteiger partial charge in [-0.15, -0.1) is 0 Å². The third-order valence-electron chi connectivity index (χ3n) is 3.91. The molecule has 2 amide bonds. The van der Waals surface area contributed by atoms with E-state index >= 15 is 0 Å². The van der Waals surface area contributed by atoms with Gasteiger partial charge in [0.1, 0.15) is 6.04 Å². The standard InChI is InChI=1S/C14H23N5O2/c1-16-13(11-7-17-18(2)9-11)14(21)19-5-3-4-10(8-19)6-12(15)20/h7,9-10,13,16H,3-6,8H2,1-2H3,(H2,15,20). The van der Waals surface area contributed by atoms with Crippen molar-refractivity contribution in [2.75, 3.05) is 20.1 Å². The zero-order valence-corrected chi connectivity index (χ0v) is 12.6. The van der Waals surface area contributed by atoms with E-state index in [9.17, 15) is 9.59 Å². The number of amides is 2. The molecule has 0 aliphatic carbocycles. The van der Waals surface area contributed by atoms with Crippen molar-refractivity contribution in [1.29, 1.82) is 0 Å². The molecule has 1 aliphatic rings. The monoisotopic (exact) mass is 293 g/mol. The van der Waals surface area contributed by atoms with E-state index in [2.05, 4.69) is 10.4 Å². The van der Waals surface area contributed by atoms with Crippen molar-refractivity contribution in [3.8, 4) is 0 Å². The van der Waals surface area contributed by atoms with Crippen molar-refractivity contribution < 1.29 is 9.59 Å². The highest BCUT2D eigenvalue weighted by atomic mass is 16.2. The van der Waals surface area contributed by atoms with Gasteiger partial charge in [-0.3, -0.25) is 14.3 Å². The number of hydrogen-bond donors (Lipinski definition) is 2. The highest BCUT2D eigenvalue weighted by Gasteiger charge is 2.30. The minimum atomic E-state index is -0.397. The number of nitrogens with two attached hydrogens (primary N) is 1. The Labute approximate surface area is 124 Å². The summed E-state index contributed by atoms with van der Waals surface area (Å²) in [5.41, 5.74) is 6.11. The number of likely N-dealkylation sites (N-methyl/N-ethyl adjacent to an activating group) is 1. The predicted octanol–water partition coefficient (Wildman–Crippen LogP) is -0.205. The Kier molecular flexibility index (Phi) is 4.95. The van der Waals surface area contributed by atoms with Crippen LogP contribution in [0.3, 0.4) is 0 Å². The lowest BCUT2D eigenvalue weighted by molar-refractivity contribution is -0.136. The number of aromatic nitrogens is 2. The molecule has 0 aromatic carbocycles. The first kappa shape index (κ1) is 15.5. The molecule has 1 aliphatic heterocycles. The van der Waals surface area contributed by atoms with Crippen LogP contribution in [-0.2, 0) is 16.6 Å². The summed E-state index contributed by atoms with van der Waals surface area (Å²) in [5, 5.41) is 7.16. The van der Waals surface area contributed by atoms with E-state index in [4.69, 9.17) is 5.73 Å². The van der Waals surface area contributed by atoms with E-state index < -0.39 is 6.04 Å². The first-order valence-electron chi connectivity index (χ1n) is 7.24. The SMILES string of the molecule is CNC(C(=O)N1CCCC(CC(N)=O)C1)c1cnn(C)c1. The Morgan fingerprint density at radius 2 is 2.33 bits per heavy atom. The van der Waals surface area contributed by atoms with Gasteiger partial charge in [0.25, 0.3) is 0 Å². The lowest BCUT2D eigenvalue weighted by atomic mass is 9.94. The molecule has 21 heavy (non-hydrogen) atoms. The van der Waals surface area contributed by atoms with E-state index in [1.54, 1.807) is 17.9 Å². The average Bonchev–Trinajstić information content (AvgIpc) is 2.85. The van der Waals surface area contributed by atoms with Gasteiger partial charge in [0.2, 0.25) is 11.8 Å². The second kappa shape index (κ2) is 6.71. The molecule has 7 nitrogen and oxygen atoms in total. The van der Waals surface area contributed by atoms with Gasteiger partial charge < -0.3 is 16.0 Å². The molecule has 0 spiro atoms. The van der Waals surface area contributed by atoms with Gasteiger partial charge in [0.15, 0.2) is 0 Å². The van der Waals surface area contributed by atoms with Crippen molar-refractivity contribution in [3.05, 3.63) is 18.0 Å². The molecular weight excluding hydrogens is 270 g/mol. The first-order valence-corrected chi connectivity index (χ1v) is 7.24. The fourth-order valence-electron chi connectivity index (χ4n) is 2.92. The normalized spacial score (nSPS) is 20.3. The predicted molar refractivity (Wildman–Crippen MR) is 78.1 cm³/mol. The number of hydrogen-bond acceptors (Lipinski definition) is 4. The van der Waals surface area contributed by atoms with E-state index in [-0.39, 0.29) is 17.7 Å². The Balaban J connectivity index is 2.05. The number of carbonyl (C=O) groups is 2. The first-order chi connectivity index (χ1) is 10.0. The Morgan fingerprint density at radius 1 is 1.57 bits per heavy atom. The van der Waals surface area contributed by atoms with Crippen molar-refractivity contribution in [2.45, 2.75) is 25.3 Å². The lowest BCUT2D eigenvalue weighted by Crippen LogP contribution is -2.45. The van der Waals surface area contributed by atoms with Gasteiger partial charge in [-0.2, -0.15) is 5.10 Å². The quantitative estimate of drug-likeness (QED) is 0.786. The molecule has 1 fully saturated rings. The van der Waals surface area contributed by atoms with Crippen LogP contribution in [0.5, 0.6) is 0 Å². The van der Waals surface area contributed by atoms with Crippen molar-refractivity contribution in [3.63, 3.8) is 0 Å². The molecular formula is C14H23N5O2. The van der Waals surface area contributed by atoms with Gasteiger partial charge in [0, 0.05) is 38.3 Å². The van der Waals surface area contributed by atoms with Crippen molar-refractivity contribution >= 4 is 11.8 Å². The number of primary amides is 1. The van der Waals surface area contributed by atoms with Gasteiger partial charge in [-0.25, -0.2) is 0 Å². The molecule has 2 atom stereocenters. The second-order valence-electron chi connectivity index (χ2n) is 5.63. The largest absolute Gasteiger partial charge is 0.370 e. The van der Waals surface area contributed by atoms with E-state index in [0.717, 1.165) is 24.9 Å². The summed E-state index contributed by atoms with van der Waals surface area (Å²) in [6.07, 6.45) is 5.74. The minimum Gasteiger partial charge on any atom is -0.370 e. The number of likely N-dealkylation sites (tertiary alicyclic amines) is 1. The van der Waals surface area contributed by atoms with Crippen LogP contribution >= 0.6 is 0 Å². The summed E-state index contributed by atoms with van der Waals surface area (Å²) in [6, 6.07) is -0.397. The molecule has 1 aromatic rings. The van der Waals surface area contributed by atoms with Gasteiger partial charge >= 0.3 is 0 Å². The van der Waals surface area contributed by atoms with Crippen molar-refractivity contribution in [1.82, 2.24) is 20.0 Å². The Hall–Kier alpha value is -1.89.